The Morgan fingerprint density at radius 3 is 2.29 bits per heavy atom. The molecule has 0 atom stereocenters. The summed E-state index contributed by atoms with van der Waals surface area (Å²) in [4.78, 5) is 14.1. The van der Waals surface area contributed by atoms with Crippen LogP contribution in [-0.4, -0.2) is 20.0 Å². The summed E-state index contributed by atoms with van der Waals surface area (Å²) in [6.45, 7) is 0. The van der Waals surface area contributed by atoms with E-state index in [9.17, 15) is 4.79 Å². The number of nitrogens with zero attached hydrogens (tertiary/aromatic N) is 1. The molecule has 1 amide bonds. The summed E-state index contributed by atoms with van der Waals surface area (Å²) in [6, 6.07) is 10.1. The molecule has 4 nitrogen and oxygen atoms in total. The second-order valence-electron chi connectivity index (χ2n) is 4.72. The van der Waals surface area contributed by atoms with Crippen LogP contribution >= 0.6 is 23.2 Å². The highest BCUT2D eigenvalue weighted by Gasteiger charge is 2.13. The number of nitrogens with two attached hydrogens (primary N) is 1. The van der Waals surface area contributed by atoms with Gasteiger partial charge in [-0.05, 0) is 30.3 Å². The van der Waals surface area contributed by atoms with Crippen molar-refractivity contribution < 1.29 is 4.79 Å². The van der Waals surface area contributed by atoms with E-state index in [1.165, 1.54) is 0 Å². The van der Waals surface area contributed by atoms with Crippen LogP contribution in [0.25, 0.3) is 0 Å². The van der Waals surface area contributed by atoms with E-state index in [4.69, 9.17) is 28.9 Å². The number of nitrogens with one attached hydrogen (secondary N) is 1. The first-order chi connectivity index (χ1) is 9.90. The van der Waals surface area contributed by atoms with Crippen LogP contribution in [0, 0.1) is 0 Å². The van der Waals surface area contributed by atoms with Gasteiger partial charge in [-0.25, -0.2) is 0 Å². The fraction of sp³-hybridized carbons (Fsp3) is 0.133. The standard InChI is InChI=1S/C15H15Cl2N3O/c1-20(2)13-7-6-9(8-12(13)18)15(21)19-14-10(16)4-3-5-11(14)17/h3-8H,18H2,1-2H3,(H,19,21). The molecule has 0 aromatic heterocycles. The number of halogens is 2. The van der Waals surface area contributed by atoms with Crippen molar-refractivity contribution in [3.8, 4) is 0 Å². The van der Waals surface area contributed by atoms with E-state index in [1.54, 1.807) is 36.4 Å². The molecule has 0 aliphatic rings. The maximum atomic E-state index is 12.3. The molecular formula is C15H15Cl2N3O. The van der Waals surface area contributed by atoms with Gasteiger partial charge in [-0.3, -0.25) is 4.79 Å². The molecule has 21 heavy (non-hydrogen) atoms. The number of carbonyl (C=O) groups is 1. The van der Waals surface area contributed by atoms with Crippen molar-refractivity contribution in [2.75, 3.05) is 30.0 Å². The second kappa shape index (κ2) is 6.24. The lowest BCUT2D eigenvalue weighted by atomic mass is 10.1. The first-order valence-corrected chi connectivity index (χ1v) is 6.98. The number of hydrogen-bond donors (Lipinski definition) is 2. The highest BCUT2D eigenvalue weighted by molar-refractivity contribution is 6.40. The van der Waals surface area contributed by atoms with Crippen LogP contribution in [0.4, 0.5) is 17.1 Å². The molecule has 0 unspecified atom stereocenters. The highest BCUT2D eigenvalue weighted by atomic mass is 35.5. The minimum atomic E-state index is -0.318. The summed E-state index contributed by atoms with van der Waals surface area (Å²) >= 11 is 12.1. The van der Waals surface area contributed by atoms with Crippen molar-refractivity contribution in [3.63, 3.8) is 0 Å². The third kappa shape index (κ3) is 3.40. The van der Waals surface area contributed by atoms with E-state index >= 15 is 0 Å². The SMILES string of the molecule is CN(C)c1ccc(C(=O)Nc2c(Cl)cccc2Cl)cc1N. The minimum Gasteiger partial charge on any atom is -0.397 e. The predicted molar refractivity (Wildman–Crippen MR) is 89.6 cm³/mol. The molecule has 0 heterocycles. The number of benzene rings is 2. The van der Waals surface area contributed by atoms with Gasteiger partial charge in [0.05, 0.1) is 27.1 Å². The van der Waals surface area contributed by atoms with Crippen LogP contribution in [0.15, 0.2) is 36.4 Å². The monoisotopic (exact) mass is 323 g/mol. The fourth-order valence-electron chi connectivity index (χ4n) is 1.91. The Morgan fingerprint density at radius 1 is 1.14 bits per heavy atom. The van der Waals surface area contributed by atoms with Crippen LogP contribution in [0.1, 0.15) is 10.4 Å². The Morgan fingerprint density at radius 2 is 1.76 bits per heavy atom. The van der Waals surface area contributed by atoms with Crippen molar-refractivity contribution in [1.29, 1.82) is 0 Å². The van der Waals surface area contributed by atoms with E-state index in [2.05, 4.69) is 5.32 Å². The molecule has 0 radical (unpaired) electrons. The minimum absolute atomic E-state index is 0.318. The molecule has 0 bridgehead atoms. The second-order valence-corrected chi connectivity index (χ2v) is 5.53. The molecule has 0 saturated heterocycles. The van der Waals surface area contributed by atoms with Gasteiger partial charge in [0.1, 0.15) is 0 Å². The molecule has 0 aliphatic carbocycles. The highest BCUT2D eigenvalue weighted by Crippen LogP contribution is 2.30. The van der Waals surface area contributed by atoms with Gasteiger partial charge in [0.15, 0.2) is 0 Å². The molecule has 0 spiro atoms. The zero-order valence-electron chi connectivity index (χ0n) is 11.7. The summed E-state index contributed by atoms with van der Waals surface area (Å²) in [6.07, 6.45) is 0. The molecule has 0 fully saturated rings. The van der Waals surface area contributed by atoms with Crippen LogP contribution < -0.4 is 16.0 Å². The van der Waals surface area contributed by atoms with Gasteiger partial charge in [-0.1, -0.05) is 29.3 Å². The quantitative estimate of drug-likeness (QED) is 0.842. The fourth-order valence-corrected chi connectivity index (χ4v) is 2.40. The van der Waals surface area contributed by atoms with Gasteiger partial charge in [0.2, 0.25) is 0 Å². The smallest absolute Gasteiger partial charge is 0.255 e. The lowest BCUT2D eigenvalue weighted by molar-refractivity contribution is 0.102. The summed E-state index contributed by atoms with van der Waals surface area (Å²) in [5.41, 5.74) is 8.14. The zero-order chi connectivity index (χ0) is 15.6. The van der Waals surface area contributed by atoms with E-state index < -0.39 is 0 Å². The molecule has 2 aromatic rings. The maximum absolute atomic E-state index is 12.3. The topological polar surface area (TPSA) is 58.4 Å². The molecule has 0 saturated carbocycles. The van der Waals surface area contributed by atoms with Crippen LogP contribution in [0.5, 0.6) is 0 Å². The van der Waals surface area contributed by atoms with E-state index in [-0.39, 0.29) is 5.91 Å². The van der Waals surface area contributed by atoms with E-state index in [1.807, 2.05) is 19.0 Å². The zero-order valence-corrected chi connectivity index (χ0v) is 13.2. The Balaban J connectivity index is 2.27. The molecule has 110 valence electrons. The number of anilines is 3. The first kappa shape index (κ1) is 15.5. The average molecular weight is 324 g/mol. The largest absolute Gasteiger partial charge is 0.397 e. The van der Waals surface area contributed by atoms with E-state index in [0.717, 1.165) is 5.69 Å². The number of rotatable bonds is 3. The summed E-state index contributed by atoms with van der Waals surface area (Å²) < 4.78 is 0. The molecule has 2 rings (SSSR count). The molecular weight excluding hydrogens is 309 g/mol. The third-order valence-corrected chi connectivity index (χ3v) is 3.60. The number of hydrogen-bond acceptors (Lipinski definition) is 3. The van der Waals surface area contributed by atoms with Crippen molar-refractivity contribution >= 4 is 46.2 Å². The van der Waals surface area contributed by atoms with Gasteiger partial charge in [-0.2, -0.15) is 0 Å². The third-order valence-electron chi connectivity index (χ3n) is 2.97. The van der Waals surface area contributed by atoms with Gasteiger partial charge in [0, 0.05) is 19.7 Å². The van der Waals surface area contributed by atoms with Gasteiger partial charge >= 0.3 is 0 Å². The molecule has 2 aromatic carbocycles. The number of amides is 1. The molecule has 0 aliphatic heterocycles. The van der Waals surface area contributed by atoms with Crippen LogP contribution in [0.2, 0.25) is 10.0 Å². The summed E-state index contributed by atoms with van der Waals surface area (Å²) in [5, 5.41) is 3.46. The summed E-state index contributed by atoms with van der Waals surface area (Å²) in [7, 11) is 3.77. The number of carbonyl (C=O) groups excluding carboxylic acids is 1. The predicted octanol–water partition coefficient (Wildman–Crippen LogP) is 3.89. The normalized spacial score (nSPS) is 10.3. The average Bonchev–Trinajstić information content (AvgIpc) is 2.42. The number of para-hydroxylation sites is 1. The maximum Gasteiger partial charge on any atom is 0.255 e. The van der Waals surface area contributed by atoms with Crippen molar-refractivity contribution in [3.05, 3.63) is 52.0 Å². The Labute approximate surface area is 133 Å². The summed E-state index contributed by atoms with van der Waals surface area (Å²) in [5.74, 6) is -0.318. The Hall–Kier alpha value is -1.91. The van der Waals surface area contributed by atoms with Gasteiger partial charge < -0.3 is 16.0 Å². The van der Waals surface area contributed by atoms with Crippen molar-refractivity contribution in [2.24, 2.45) is 0 Å². The van der Waals surface area contributed by atoms with Crippen LogP contribution in [0.3, 0.4) is 0 Å². The lowest BCUT2D eigenvalue weighted by Gasteiger charge is -2.16. The molecule has 3 N–H and O–H groups in total. The Kier molecular flexibility index (Phi) is 4.60. The van der Waals surface area contributed by atoms with Crippen molar-refractivity contribution in [2.45, 2.75) is 0 Å². The van der Waals surface area contributed by atoms with Crippen LogP contribution in [-0.2, 0) is 0 Å². The Bertz CT molecular complexity index is 666. The number of nitrogen functional groups attached to an aromatic ring is 1. The van der Waals surface area contributed by atoms with Gasteiger partial charge in [0.25, 0.3) is 5.91 Å². The molecule has 6 heteroatoms. The first-order valence-electron chi connectivity index (χ1n) is 6.22. The van der Waals surface area contributed by atoms with Crippen molar-refractivity contribution in [1.82, 2.24) is 0 Å². The lowest BCUT2D eigenvalue weighted by Crippen LogP contribution is -2.15. The van der Waals surface area contributed by atoms with Gasteiger partial charge in [-0.15, -0.1) is 0 Å². The van der Waals surface area contributed by atoms with E-state index in [0.29, 0.717) is 27.0 Å².